The number of nitrogens with two attached hydrogens (primary N) is 1. The highest BCUT2D eigenvalue weighted by Crippen LogP contribution is 2.32. The minimum atomic E-state index is -4.16. The molecule has 0 aliphatic rings. The van der Waals surface area contributed by atoms with Gasteiger partial charge in [0.25, 0.3) is 10.0 Å². The van der Waals surface area contributed by atoms with Gasteiger partial charge in [0.1, 0.15) is 16.5 Å². The van der Waals surface area contributed by atoms with Gasteiger partial charge in [-0.1, -0.05) is 17.7 Å². The Kier molecular flexibility index (Phi) is 6.07. The molecule has 0 aliphatic heterocycles. The predicted molar refractivity (Wildman–Crippen MR) is 131 cm³/mol. The SMILES string of the molecule is Cc1cc([C@@H](C)Nc2ccc(Cl)nc2S(N)(=O)=O)c2oc(-c3cc[nH]c(=O)c3)c(C)c(=O)c2c1. The van der Waals surface area contributed by atoms with Gasteiger partial charge in [-0.2, -0.15) is 0 Å². The fourth-order valence-corrected chi connectivity index (χ4v) is 4.66. The predicted octanol–water partition coefficient (Wildman–Crippen LogP) is 3.63. The first-order valence-electron chi connectivity index (χ1n) is 10.2. The molecule has 4 aromatic rings. The van der Waals surface area contributed by atoms with E-state index in [-0.39, 0.29) is 27.6 Å². The summed E-state index contributed by atoms with van der Waals surface area (Å²) in [5.74, 6) is 0.277. The standard InChI is InChI=1S/C23H21ClN4O5S/c1-11-8-15(13(3)27-17-4-5-18(24)28-23(17)34(25,31)32)22-16(9-11)20(30)12(2)21(33-22)14-6-7-26-19(29)10-14/h4-10,13,27H,1-3H3,(H,26,29)(H2,25,31,32)/t13-/m1/s1. The van der Waals surface area contributed by atoms with E-state index in [1.54, 1.807) is 26.0 Å². The lowest BCUT2D eigenvalue weighted by Crippen LogP contribution is -2.18. The third-order valence-electron chi connectivity index (χ3n) is 5.36. The molecule has 1 aromatic carbocycles. The van der Waals surface area contributed by atoms with E-state index in [1.807, 2.05) is 13.0 Å². The molecule has 1 atom stereocenters. The average molecular weight is 501 g/mol. The van der Waals surface area contributed by atoms with Gasteiger partial charge < -0.3 is 14.7 Å². The summed E-state index contributed by atoms with van der Waals surface area (Å²) in [6.45, 7) is 5.26. The molecular weight excluding hydrogens is 480 g/mol. The maximum absolute atomic E-state index is 13.2. The summed E-state index contributed by atoms with van der Waals surface area (Å²) in [6, 6.07) is 8.94. The Bertz CT molecular complexity index is 1660. The Labute approximate surface area is 199 Å². The Hall–Kier alpha value is -3.47. The van der Waals surface area contributed by atoms with Crippen LogP contribution in [0.4, 0.5) is 5.69 Å². The average Bonchev–Trinajstić information content (AvgIpc) is 2.76. The van der Waals surface area contributed by atoms with Gasteiger partial charge in [0, 0.05) is 29.0 Å². The van der Waals surface area contributed by atoms with Crippen LogP contribution in [0.3, 0.4) is 0 Å². The molecule has 34 heavy (non-hydrogen) atoms. The van der Waals surface area contributed by atoms with Gasteiger partial charge in [0.15, 0.2) is 10.5 Å². The lowest BCUT2D eigenvalue weighted by molar-refractivity contribution is 0.594. The van der Waals surface area contributed by atoms with Crippen LogP contribution in [0, 0.1) is 13.8 Å². The third kappa shape index (κ3) is 4.47. The van der Waals surface area contributed by atoms with Crippen molar-refractivity contribution < 1.29 is 12.8 Å². The van der Waals surface area contributed by atoms with Crippen LogP contribution in [0.15, 0.2) is 61.6 Å². The van der Waals surface area contributed by atoms with Crippen molar-refractivity contribution in [1.29, 1.82) is 0 Å². The Balaban J connectivity index is 1.91. The number of nitrogens with zero attached hydrogens (tertiary/aromatic N) is 1. The second kappa shape index (κ2) is 8.71. The Morgan fingerprint density at radius 1 is 1.15 bits per heavy atom. The largest absolute Gasteiger partial charge is 0.455 e. The van der Waals surface area contributed by atoms with Crippen LogP contribution in [0.2, 0.25) is 5.15 Å². The molecule has 0 radical (unpaired) electrons. The molecule has 0 spiro atoms. The van der Waals surface area contributed by atoms with Crippen LogP contribution in [0.5, 0.6) is 0 Å². The lowest BCUT2D eigenvalue weighted by Gasteiger charge is -2.20. The Morgan fingerprint density at radius 3 is 2.56 bits per heavy atom. The van der Waals surface area contributed by atoms with Gasteiger partial charge >= 0.3 is 0 Å². The molecule has 0 saturated heterocycles. The molecule has 0 amide bonds. The van der Waals surface area contributed by atoms with Crippen molar-refractivity contribution in [3.05, 3.63) is 85.0 Å². The van der Waals surface area contributed by atoms with Gasteiger partial charge in [0.2, 0.25) is 5.56 Å². The fraction of sp³-hybridized carbons (Fsp3) is 0.174. The van der Waals surface area contributed by atoms with Crippen molar-refractivity contribution in [3.63, 3.8) is 0 Å². The van der Waals surface area contributed by atoms with Crippen LogP contribution in [-0.4, -0.2) is 18.4 Å². The molecule has 0 unspecified atom stereocenters. The second-order valence-corrected chi connectivity index (χ2v) is 9.82. The summed E-state index contributed by atoms with van der Waals surface area (Å²) < 4.78 is 30.3. The number of hydrogen-bond acceptors (Lipinski definition) is 7. The Morgan fingerprint density at radius 2 is 1.88 bits per heavy atom. The molecule has 4 rings (SSSR count). The van der Waals surface area contributed by atoms with Gasteiger partial charge in [-0.05, 0) is 50.6 Å². The monoisotopic (exact) mass is 500 g/mol. The highest BCUT2D eigenvalue weighted by atomic mass is 35.5. The van der Waals surface area contributed by atoms with Crippen LogP contribution in [-0.2, 0) is 10.0 Å². The molecular formula is C23H21ClN4O5S. The summed E-state index contributed by atoms with van der Waals surface area (Å²) >= 11 is 5.86. The molecule has 0 bridgehead atoms. The van der Waals surface area contributed by atoms with Crippen molar-refractivity contribution in [3.8, 4) is 11.3 Å². The number of primary sulfonamides is 1. The van der Waals surface area contributed by atoms with E-state index in [2.05, 4.69) is 15.3 Å². The number of sulfonamides is 1. The molecule has 0 aliphatic carbocycles. The number of fused-ring (bicyclic) bond motifs is 1. The smallest absolute Gasteiger partial charge is 0.257 e. The van der Waals surface area contributed by atoms with E-state index in [1.165, 1.54) is 24.4 Å². The van der Waals surface area contributed by atoms with E-state index >= 15 is 0 Å². The first kappa shape index (κ1) is 23.7. The number of rotatable bonds is 5. The summed E-state index contributed by atoms with van der Waals surface area (Å²) in [5, 5.41) is 8.35. The molecule has 0 fully saturated rings. The second-order valence-electron chi connectivity index (χ2n) is 7.96. The van der Waals surface area contributed by atoms with E-state index in [0.29, 0.717) is 27.7 Å². The summed E-state index contributed by atoms with van der Waals surface area (Å²) in [4.78, 5) is 31.4. The first-order chi connectivity index (χ1) is 16.0. The number of halogens is 1. The van der Waals surface area contributed by atoms with Crippen LogP contribution < -0.4 is 21.4 Å². The molecule has 3 aromatic heterocycles. The first-order valence-corrected chi connectivity index (χ1v) is 12.1. The van der Waals surface area contributed by atoms with Crippen LogP contribution in [0.25, 0.3) is 22.3 Å². The summed E-state index contributed by atoms with van der Waals surface area (Å²) in [6.07, 6.45) is 1.48. The zero-order valence-corrected chi connectivity index (χ0v) is 20.0. The molecule has 11 heteroatoms. The normalized spacial score (nSPS) is 12.6. The number of aryl methyl sites for hydroxylation is 1. The van der Waals surface area contributed by atoms with Crippen molar-refractivity contribution in [1.82, 2.24) is 9.97 Å². The zero-order chi connectivity index (χ0) is 24.8. The number of pyridine rings is 2. The minimum absolute atomic E-state index is 0.0211. The summed E-state index contributed by atoms with van der Waals surface area (Å²) in [7, 11) is -4.16. The van der Waals surface area contributed by atoms with Gasteiger partial charge in [0.05, 0.1) is 17.1 Å². The highest BCUT2D eigenvalue weighted by Gasteiger charge is 2.22. The molecule has 176 valence electrons. The molecule has 9 nitrogen and oxygen atoms in total. The highest BCUT2D eigenvalue weighted by molar-refractivity contribution is 7.89. The van der Waals surface area contributed by atoms with Crippen LogP contribution >= 0.6 is 11.6 Å². The van der Waals surface area contributed by atoms with Gasteiger partial charge in [-0.3, -0.25) is 9.59 Å². The number of aromatic amines is 1. The fourth-order valence-electron chi connectivity index (χ4n) is 3.81. The number of aromatic nitrogens is 2. The van der Waals surface area contributed by atoms with Gasteiger partial charge in [-0.25, -0.2) is 18.5 Å². The van der Waals surface area contributed by atoms with Crippen molar-refractivity contribution >= 4 is 38.3 Å². The zero-order valence-electron chi connectivity index (χ0n) is 18.5. The maximum atomic E-state index is 13.2. The number of anilines is 1. The quantitative estimate of drug-likeness (QED) is 0.354. The molecule has 4 N–H and O–H groups in total. The van der Waals surface area contributed by atoms with Crippen molar-refractivity contribution in [2.24, 2.45) is 5.14 Å². The number of H-pyrrole nitrogens is 1. The van der Waals surface area contributed by atoms with E-state index in [4.69, 9.17) is 21.2 Å². The lowest BCUT2D eigenvalue weighted by atomic mass is 9.99. The van der Waals surface area contributed by atoms with Crippen molar-refractivity contribution in [2.45, 2.75) is 31.8 Å². The third-order valence-corrected chi connectivity index (χ3v) is 6.42. The maximum Gasteiger partial charge on any atom is 0.257 e. The van der Waals surface area contributed by atoms with E-state index in [0.717, 1.165) is 5.56 Å². The number of hydrogen-bond donors (Lipinski definition) is 3. The number of benzene rings is 1. The van der Waals surface area contributed by atoms with Crippen molar-refractivity contribution in [2.75, 3.05) is 5.32 Å². The molecule has 3 heterocycles. The van der Waals surface area contributed by atoms with E-state index in [9.17, 15) is 18.0 Å². The summed E-state index contributed by atoms with van der Waals surface area (Å²) in [5.41, 5.74) is 2.16. The van der Waals surface area contributed by atoms with Crippen LogP contribution in [0.1, 0.15) is 29.7 Å². The molecule has 0 saturated carbocycles. The van der Waals surface area contributed by atoms with E-state index < -0.39 is 21.1 Å². The topological polar surface area (TPSA) is 148 Å². The van der Waals surface area contributed by atoms with Gasteiger partial charge in [-0.15, -0.1) is 0 Å². The minimum Gasteiger partial charge on any atom is -0.455 e. The number of nitrogens with one attached hydrogen (secondary N) is 2.